The molecule has 0 spiro atoms. The third kappa shape index (κ3) is 5.08. The predicted octanol–water partition coefficient (Wildman–Crippen LogP) is 3.27. The minimum atomic E-state index is -0.448. The number of rotatable bonds is 6. The number of carbonyl (C=O) groups excluding carboxylic acids is 2. The number of hydrogen-bond acceptors (Lipinski definition) is 3. The van der Waals surface area contributed by atoms with E-state index in [4.69, 9.17) is 11.6 Å². The smallest absolute Gasteiger partial charge is 0.319 e. The first-order valence-electron chi connectivity index (χ1n) is 7.52. The van der Waals surface area contributed by atoms with Crippen LogP contribution in [0.1, 0.15) is 22.8 Å². The maximum Gasteiger partial charge on any atom is 0.319 e. The van der Waals surface area contributed by atoms with E-state index >= 15 is 0 Å². The molecule has 0 fully saturated rings. The van der Waals surface area contributed by atoms with Gasteiger partial charge in [0.1, 0.15) is 0 Å². The van der Waals surface area contributed by atoms with E-state index in [0.717, 1.165) is 5.56 Å². The summed E-state index contributed by atoms with van der Waals surface area (Å²) in [6.45, 7) is 1.25. The molecule has 2 amide bonds. The quantitative estimate of drug-likeness (QED) is 0.702. The number of halogens is 1. The molecule has 0 aliphatic carbocycles. The Kier molecular flexibility index (Phi) is 6.35. The van der Waals surface area contributed by atoms with Crippen LogP contribution in [0.25, 0.3) is 0 Å². The topological polar surface area (TPSA) is 78.4 Å². The zero-order valence-corrected chi connectivity index (χ0v) is 14.0. The number of carbonyl (C=O) groups is 2. The van der Waals surface area contributed by atoms with Crippen LogP contribution in [0.15, 0.2) is 48.5 Å². The Balaban J connectivity index is 1.96. The van der Waals surface area contributed by atoms with Crippen LogP contribution in [-0.4, -0.2) is 29.6 Å². The van der Waals surface area contributed by atoms with Gasteiger partial charge in [0.05, 0.1) is 17.7 Å². The average molecular weight is 347 g/mol. The molecular formula is C18H19ClN2O3. The van der Waals surface area contributed by atoms with Gasteiger partial charge >= 0.3 is 6.03 Å². The van der Waals surface area contributed by atoms with Gasteiger partial charge in [-0.2, -0.15) is 0 Å². The fourth-order valence-electron chi connectivity index (χ4n) is 2.29. The molecule has 126 valence electrons. The highest BCUT2D eigenvalue weighted by Crippen LogP contribution is 2.21. The number of aliphatic hydroxyl groups excluding tert-OH is 1. The van der Waals surface area contributed by atoms with Crippen molar-refractivity contribution in [3.05, 3.63) is 64.7 Å². The van der Waals surface area contributed by atoms with E-state index in [9.17, 15) is 14.7 Å². The van der Waals surface area contributed by atoms with Gasteiger partial charge in [0, 0.05) is 11.3 Å². The molecule has 0 aliphatic rings. The zero-order chi connectivity index (χ0) is 17.5. The van der Waals surface area contributed by atoms with Gasteiger partial charge in [-0.3, -0.25) is 4.79 Å². The molecule has 2 aromatic rings. The fraction of sp³-hybridized carbons (Fsp3) is 0.222. The van der Waals surface area contributed by atoms with Crippen molar-refractivity contribution in [3.8, 4) is 0 Å². The first kappa shape index (κ1) is 18.0. The van der Waals surface area contributed by atoms with Crippen LogP contribution in [0, 0.1) is 0 Å². The van der Waals surface area contributed by atoms with Gasteiger partial charge in [-0.05, 0) is 37.1 Å². The standard InChI is InChI=1S/C18H19ClN2O3/c1-12(23)16-8-7-14(10-17(16)19)20-18(24)21-15(11-22)9-13-5-3-2-4-6-13/h2-8,10,15,22H,9,11H2,1H3,(H2,20,21,24)/t15-/m0/s1. The van der Waals surface area contributed by atoms with Gasteiger partial charge in [-0.25, -0.2) is 4.79 Å². The van der Waals surface area contributed by atoms with Gasteiger partial charge in [-0.1, -0.05) is 41.9 Å². The molecule has 0 unspecified atom stereocenters. The van der Waals surface area contributed by atoms with Crippen molar-refractivity contribution in [1.82, 2.24) is 5.32 Å². The SMILES string of the molecule is CC(=O)c1ccc(NC(=O)N[C@H](CO)Cc2ccccc2)cc1Cl. The molecule has 0 aliphatic heterocycles. The summed E-state index contributed by atoms with van der Waals surface area (Å²) >= 11 is 6.02. The van der Waals surface area contributed by atoms with E-state index in [1.807, 2.05) is 30.3 Å². The van der Waals surface area contributed by atoms with E-state index < -0.39 is 12.1 Å². The summed E-state index contributed by atoms with van der Waals surface area (Å²) in [7, 11) is 0. The number of Topliss-reactive ketones (excluding diaryl/α,β-unsaturated/α-hetero) is 1. The lowest BCUT2D eigenvalue weighted by Gasteiger charge is -2.17. The second kappa shape index (κ2) is 8.47. The molecule has 0 saturated heterocycles. The summed E-state index contributed by atoms with van der Waals surface area (Å²) in [5.74, 6) is -0.140. The molecule has 5 nitrogen and oxygen atoms in total. The Morgan fingerprint density at radius 2 is 1.88 bits per heavy atom. The molecular weight excluding hydrogens is 328 g/mol. The van der Waals surface area contributed by atoms with Crippen molar-refractivity contribution in [2.75, 3.05) is 11.9 Å². The lowest BCUT2D eigenvalue weighted by atomic mass is 10.1. The van der Waals surface area contributed by atoms with E-state index in [1.165, 1.54) is 13.0 Å². The highest BCUT2D eigenvalue weighted by molar-refractivity contribution is 6.34. The van der Waals surface area contributed by atoms with Crippen LogP contribution in [0.4, 0.5) is 10.5 Å². The Bertz CT molecular complexity index is 719. The third-order valence-corrected chi connectivity index (χ3v) is 3.80. The maximum atomic E-state index is 12.1. The zero-order valence-electron chi connectivity index (χ0n) is 13.3. The van der Waals surface area contributed by atoms with Crippen molar-refractivity contribution in [2.45, 2.75) is 19.4 Å². The maximum absolute atomic E-state index is 12.1. The number of aliphatic hydroxyl groups is 1. The van der Waals surface area contributed by atoms with Crippen LogP contribution in [0.3, 0.4) is 0 Å². The molecule has 0 heterocycles. The van der Waals surface area contributed by atoms with Crippen molar-refractivity contribution in [2.24, 2.45) is 0 Å². The van der Waals surface area contributed by atoms with Crippen LogP contribution in [-0.2, 0) is 6.42 Å². The second-order valence-corrected chi connectivity index (χ2v) is 5.83. The molecule has 0 saturated carbocycles. The summed E-state index contributed by atoms with van der Waals surface area (Å²) in [5, 5.41) is 15.1. The first-order chi connectivity index (χ1) is 11.5. The van der Waals surface area contributed by atoms with Crippen LogP contribution < -0.4 is 10.6 Å². The molecule has 2 aromatic carbocycles. The lowest BCUT2D eigenvalue weighted by molar-refractivity contribution is 0.101. The number of benzene rings is 2. The molecule has 0 aromatic heterocycles. The fourth-order valence-corrected chi connectivity index (χ4v) is 2.60. The lowest BCUT2D eigenvalue weighted by Crippen LogP contribution is -2.41. The summed E-state index contributed by atoms with van der Waals surface area (Å²) in [5.41, 5.74) is 1.89. The molecule has 6 heteroatoms. The van der Waals surface area contributed by atoms with Gasteiger partial charge < -0.3 is 15.7 Å². The number of hydrogen-bond donors (Lipinski definition) is 3. The van der Waals surface area contributed by atoms with Crippen LogP contribution >= 0.6 is 11.6 Å². The van der Waals surface area contributed by atoms with Crippen molar-refractivity contribution < 1.29 is 14.7 Å². The Labute approximate surface area is 145 Å². The second-order valence-electron chi connectivity index (χ2n) is 5.42. The van der Waals surface area contributed by atoms with E-state index in [2.05, 4.69) is 10.6 Å². The minimum Gasteiger partial charge on any atom is -0.394 e. The molecule has 0 radical (unpaired) electrons. The summed E-state index contributed by atoms with van der Waals surface area (Å²) in [6, 6.07) is 13.4. The number of amides is 2. The van der Waals surface area contributed by atoms with Crippen molar-refractivity contribution in [3.63, 3.8) is 0 Å². The first-order valence-corrected chi connectivity index (χ1v) is 7.90. The Morgan fingerprint density at radius 1 is 1.17 bits per heavy atom. The Morgan fingerprint density at radius 3 is 2.46 bits per heavy atom. The van der Waals surface area contributed by atoms with Crippen molar-refractivity contribution in [1.29, 1.82) is 0 Å². The van der Waals surface area contributed by atoms with Crippen LogP contribution in [0.2, 0.25) is 5.02 Å². The van der Waals surface area contributed by atoms with E-state index in [-0.39, 0.29) is 17.4 Å². The largest absolute Gasteiger partial charge is 0.394 e. The van der Waals surface area contributed by atoms with E-state index in [0.29, 0.717) is 17.7 Å². The molecule has 3 N–H and O–H groups in total. The van der Waals surface area contributed by atoms with Gasteiger partial charge in [0.15, 0.2) is 5.78 Å². The predicted molar refractivity (Wildman–Crippen MR) is 94.6 cm³/mol. The van der Waals surface area contributed by atoms with E-state index in [1.54, 1.807) is 12.1 Å². The molecule has 0 bridgehead atoms. The number of ketones is 1. The van der Waals surface area contributed by atoms with Crippen LogP contribution in [0.5, 0.6) is 0 Å². The van der Waals surface area contributed by atoms with Gasteiger partial charge in [-0.15, -0.1) is 0 Å². The number of anilines is 1. The van der Waals surface area contributed by atoms with Gasteiger partial charge in [0.2, 0.25) is 0 Å². The summed E-state index contributed by atoms with van der Waals surface area (Å²) in [6.07, 6.45) is 0.523. The summed E-state index contributed by atoms with van der Waals surface area (Å²) < 4.78 is 0. The third-order valence-electron chi connectivity index (χ3n) is 3.49. The summed E-state index contributed by atoms with van der Waals surface area (Å²) in [4.78, 5) is 23.4. The Hall–Kier alpha value is -2.37. The minimum absolute atomic E-state index is 0.140. The molecule has 1 atom stereocenters. The average Bonchev–Trinajstić information content (AvgIpc) is 2.54. The normalized spacial score (nSPS) is 11.6. The highest BCUT2D eigenvalue weighted by atomic mass is 35.5. The number of nitrogens with one attached hydrogen (secondary N) is 2. The highest BCUT2D eigenvalue weighted by Gasteiger charge is 2.13. The monoisotopic (exact) mass is 346 g/mol. The molecule has 24 heavy (non-hydrogen) atoms. The van der Waals surface area contributed by atoms with Gasteiger partial charge in [0.25, 0.3) is 0 Å². The van der Waals surface area contributed by atoms with Crippen molar-refractivity contribution >= 4 is 29.1 Å². The number of urea groups is 1. The molecule has 2 rings (SSSR count).